The molecule has 28 heavy (non-hydrogen) atoms. The number of esters is 1. The van der Waals surface area contributed by atoms with E-state index in [2.05, 4.69) is 4.98 Å². The van der Waals surface area contributed by atoms with Crippen LogP contribution in [0, 0.1) is 0 Å². The maximum Gasteiger partial charge on any atom is 0.337 e. The van der Waals surface area contributed by atoms with E-state index in [9.17, 15) is 14.7 Å². The molecule has 2 aromatic carbocycles. The first kappa shape index (κ1) is 19.5. The van der Waals surface area contributed by atoms with E-state index in [1.54, 1.807) is 41.6 Å². The topological polar surface area (TPSA) is 79.7 Å². The smallest absolute Gasteiger partial charge is 0.337 e. The van der Waals surface area contributed by atoms with Crippen LogP contribution in [0.4, 0.5) is 0 Å². The highest BCUT2D eigenvalue weighted by Gasteiger charge is 2.15. The minimum atomic E-state index is -0.402. The molecule has 0 bridgehead atoms. The number of nitrogens with zero attached hydrogens (tertiary/aromatic N) is 2. The van der Waals surface area contributed by atoms with E-state index in [1.165, 1.54) is 7.11 Å². The summed E-state index contributed by atoms with van der Waals surface area (Å²) in [4.78, 5) is 30.0. The average Bonchev–Trinajstić information content (AvgIpc) is 2.73. The van der Waals surface area contributed by atoms with Gasteiger partial charge in [-0.15, -0.1) is 0 Å². The van der Waals surface area contributed by atoms with Crippen molar-refractivity contribution >= 4 is 22.6 Å². The molecular weight excluding hydrogens is 356 g/mol. The average molecular weight is 378 g/mol. The van der Waals surface area contributed by atoms with Gasteiger partial charge >= 0.3 is 5.97 Å². The predicted molar refractivity (Wildman–Crippen MR) is 106 cm³/mol. The number of hydrogen-bond acceptors (Lipinski definition) is 5. The predicted octanol–water partition coefficient (Wildman–Crippen LogP) is 2.59. The molecule has 3 aromatic rings. The van der Waals surface area contributed by atoms with Crippen LogP contribution in [0.25, 0.3) is 10.8 Å². The molecule has 0 saturated carbocycles. The number of amides is 1. The van der Waals surface area contributed by atoms with E-state index in [-0.39, 0.29) is 25.5 Å². The molecule has 0 saturated heterocycles. The summed E-state index contributed by atoms with van der Waals surface area (Å²) in [6.45, 7) is 0.489. The molecular formula is C22H22N2O4. The summed E-state index contributed by atoms with van der Waals surface area (Å²) in [6, 6.07) is 14.7. The van der Waals surface area contributed by atoms with Crippen molar-refractivity contribution in [2.75, 3.05) is 20.3 Å². The lowest BCUT2D eigenvalue weighted by atomic mass is 10.1. The molecule has 0 unspecified atom stereocenters. The van der Waals surface area contributed by atoms with Gasteiger partial charge in [-0.2, -0.15) is 0 Å². The molecule has 0 spiro atoms. The first-order valence-electron chi connectivity index (χ1n) is 8.99. The van der Waals surface area contributed by atoms with E-state index in [0.717, 1.165) is 21.9 Å². The van der Waals surface area contributed by atoms with E-state index < -0.39 is 5.97 Å². The Hall–Kier alpha value is -3.25. The van der Waals surface area contributed by atoms with Gasteiger partial charge in [0.15, 0.2) is 0 Å². The maximum atomic E-state index is 12.8. The molecule has 0 aliphatic heterocycles. The minimum Gasteiger partial charge on any atom is -0.465 e. The first-order valence-corrected chi connectivity index (χ1v) is 8.99. The summed E-state index contributed by atoms with van der Waals surface area (Å²) in [5.41, 5.74) is 2.24. The van der Waals surface area contributed by atoms with Crippen LogP contribution in [-0.4, -0.2) is 47.1 Å². The van der Waals surface area contributed by atoms with Gasteiger partial charge in [0, 0.05) is 30.9 Å². The third kappa shape index (κ3) is 4.72. The Balaban J connectivity index is 1.71. The van der Waals surface area contributed by atoms with Crippen LogP contribution in [-0.2, 0) is 22.5 Å². The Labute approximate surface area is 163 Å². The number of carbonyl (C=O) groups excluding carboxylic acids is 2. The largest absolute Gasteiger partial charge is 0.465 e. The quantitative estimate of drug-likeness (QED) is 0.639. The third-order valence-corrected chi connectivity index (χ3v) is 4.53. The number of aromatic nitrogens is 1. The Bertz CT molecular complexity index is 970. The number of aliphatic hydroxyl groups is 1. The summed E-state index contributed by atoms with van der Waals surface area (Å²) in [6.07, 6.45) is 3.76. The molecule has 6 heteroatoms. The van der Waals surface area contributed by atoms with Gasteiger partial charge in [-0.05, 0) is 34.7 Å². The van der Waals surface area contributed by atoms with Gasteiger partial charge in [-0.1, -0.05) is 30.3 Å². The van der Waals surface area contributed by atoms with E-state index in [1.807, 2.05) is 24.3 Å². The number of pyridine rings is 1. The van der Waals surface area contributed by atoms with Gasteiger partial charge in [0.25, 0.3) is 0 Å². The number of methoxy groups -OCH3 is 1. The van der Waals surface area contributed by atoms with Gasteiger partial charge in [-0.25, -0.2) is 4.79 Å². The number of ether oxygens (including phenoxy) is 1. The molecule has 1 amide bonds. The molecule has 0 aliphatic rings. The number of rotatable bonds is 7. The monoisotopic (exact) mass is 378 g/mol. The van der Waals surface area contributed by atoms with E-state index in [0.29, 0.717) is 12.1 Å². The highest BCUT2D eigenvalue weighted by molar-refractivity contribution is 5.89. The molecule has 1 aromatic heterocycles. The summed E-state index contributed by atoms with van der Waals surface area (Å²) in [5.74, 6) is -0.471. The molecule has 144 valence electrons. The summed E-state index contributed by atoms with van der Waals surface area (Å²) >= 11 is 0. The Kier molecular flexibility index (Phi) is 6.34. The van der Waals surface area contributed by atoms with Crippen LogP contribution in [0.2, 0.25) is 0 Å². The number of aliphatic hydroxyl groups excluding tert-OH is 1. The van der Waals surface area contributed by atoms with Crippen molar-refractivity contribution in [2.24, 2.45) is 0 Å². The SMILES string of the molecule is COC(=O)c1ccc(CN(CCO)C(=O)Cc2ccc3cnccc3c2)cc1. The van der Waals surface area contributed by atoms with Gasteiger partial charge in [-0.3, -0.25) is 9.78 Å². The lowest BCUT2D eigenvalue weighted by Crippen LogP contribution is -2.34. The standard InChI is InChI=1S/C22H22N2O4/c1-28-22(27)18-5-2-16(3-6-18)15-24(10-11-25)21(26)13-17-4-7-20-14-23-9-8-19(20)12-17/h2-9,12,14,25H,10-11,13,15H2,1H3. The van der Waals surface area contributed by atoms with Gasteiger partial charge in [0.2, 0.25) is 5.91 Å². The highest BCUT2D eigenvalue weighted by atomic mass is 16.5. The van der Waals surface area contributed by atoms with E-state index >= 15 is 0 Å². The fraction of sp³-hybridized carbons (Fsp3) is 0.227. The summed E-state index contributed by atoms with van der Waals surface area (Å²) in [5, 5.41) is 11.4. The Morgan fingerprint density at radius 1 is 1.04 bits per heavy atom. The van der Waals surface area contributed by atoms with Gasteiger partial charge in [0.1, 0.15) is 0 Å². The van der Waals surface area contributed by atoms with Crippen LogP contribution in [0.3, 0.4) is 0 Å². The van der Waals surface area contributed by atoms with Crippen molar-refractivity contribution < 1.29 is 19.4 Å². The van der Waals surface area contributed by atoms with Gasteiger partial charge < -0.3 is 14.7 Å². The zero-order valence-electron chi connectivity index (χ0n) is 15.7. The van der Waals surface area contributed by atoms with Crippen molar-refractivity contribution in [3.05, 3.63) is 77.6 Å². The second kappa shape index (κ2) is 9.10. The van der Waals surface area contributed by atoms with Crippen molar-refractivity contribution in [3.8, 4) is 0 Å². The molecule has 0 atom stereocenters. The molecule has 1 N–H and O–H groups in total. The van der Waals surface area contributed by atoms with Crippen molar-refractivity contribution in [1.82, 2.24) is 9.88 Å². The maximum absolute atomic E-state index is 12.8. The van der Waals surface area contributed by atoms with Crippen LogP contribution >= 0.6 is 0 Å². The summed E-state index contributed by atoms with van der Waals surface area (Å²) in [7, 11) is 1.33. The van der Waals surface area contributed by atoms with Crippen LogP contribution < -0.4 is 0 Å². The summed E-state index contributed by atoms with van der Waals surface area (Å²) < 4.78 is 4.69. The van der Waals surface area contributed by atoms with E-state index in [4.69, 9.17) is 4.74 Å². The lowest BCUT2D eigenvalue weighted by molar-refractivity contribution is -0.131. The van der Waals surface area contributed by atoms with Crippen molar-refractivity contribution in [2.45, 2.75) is 13.0 Å². The second-order valence-corrected chi connectivity index (χ2v) is 6.46. The number of carbonyl (C=O) groups is 2. The minimum absolute atomic E-state index is 0.0699. The third-order valence-electron chi connectivity index (χ3n) is 4.53. The molecule has 3 rings (SSSR count). The molecule has 0 radical (unpaired) electrons. The zero-order chi connectivity index (χ0) is 19.9. The first-order chi connectivity index (χ1) is 13.6. The number of hydrogen-bond donors (Lipinski definition) is 1. The Morgan fingerprint density at radius 2 is 1.79 bits per heavy atom. The number of benzene rings is 2. The lowest BCUT2D eigenvalue weighted by Gasteiger charge is -2.22. The molecule has 1 heterocycles. The van der Waals surface area contributed by atoms with Gasteiger partial charge in [0.05, 0.1) is 25.7 Å². The van der Waals surface area contributed by atoms with Crippen LogP contribution in [0.1, 0.15) is 21.5 Å². The molecule has 0 aliphatic carbocycles. The second-order valence-electron chi connectivity index (χ2n) is 6.46. The highest BCUT2D eigenvalue weighted by Crippen LogP contribution is 2.16. The van der Waals surface area contributed by atoms with Crippen molar-refractivity contribution in [3.63, 3.8) is 0 Å². The van der Waals surface area contributed by atoms with Crippen molar-refractivity contribution in [1.29, 1.82) is 0 Å². The van der Waals surface area contributed by atoms with Crippen LogP contribution in [0.5, 0.6) is 0 Å². The molecule has 6 nitrogen and oxygen atoms in total. The van der Waals surface area contributed by atoms with Crippen LogP contribution in [0.15, 0.2) is 60.9 Å². The normalized spacial score (nSPS) is 10.6. The fourth-order valence-electron chi connectivity index (χ4n) is 3.03. The molecule has 0 fully saturated rings. The number of fused-ring (bicyclic) bond motifs is 1. The fourth-order valence-corrected chi connectivity index (χ4v) is 3.03. The zero-order valence-corrected chi connectivity index (χ0v) is 15.7. The Morgan fingerprint density at radius 3 is 2.50 bits per heavy atom.